The molecule has 150 valence electrons. The van der Waals surface area contributed by atoms with Crippen LogP contribution in [0.25, 0.3) is 0 Å². The molecule has 2 N–H and O–H groups in total. The molecule has 0 spiro atoms. The maximum atomic E-state index is 12.7. The number of hydrogen-bond acceptors (Lipinski definition) is 4. The largest absolute Gasteiger partial charge is 0.497 e. The van der Waals surface area contributed by atoms with Gasteiger partial charge in [0, 0.05) is 18.2 Å². The standard InChI is InChI=1S/C22H28N2O4/c1-15(2)20(22(26)23-11-10-16-8-6-5-7-9-16)24-21(25)17-12-18(27-3)14-19(13-17)28-4/h5-9,12-15,20H,10-11H2,1-4H3,(H,23,26)(H,24,25)/t20-/m0/s1. The van der Waals surface area contributed by atoms with Crippen LogP contribution in [0.15, 0.2) is 48.5 Å². The molecule has 0 saturated carbocycles. The fourth-order valence-electron chi connectivity index (χ4n) is 2.78. The Kier molecular flexibility index (Phi) is 7.87. The zero-order valence-electron chi connectivity index (χ0n) is 16.8. The third kappa shape index (κ3) is 6.01. The molecular weight excluding hydrogens is 356 g/mol. The van der Waals surface area contributed by atoms with Crippen molar-refractivity contribution in [3.63, 3.8) is 0 Å². The average Bonchev–Trinajstić information content (AvgIpc) is 2.71. The van der Waals surface area contributed by atoms with Crippen molar-refractivity contribution in [3.05, 3.63) is 59.7 Å². The minimum atomic E-state index is -0.638. The third-order valence-electron chi connectivity index (χ3n) is 4.41. The maximum absolute atomic E-state index is 12.7. The number of carbonyl (C=O) groups excluding carboxylic acids is 2. The summed E-state index contributed by atoms with van der Waals surface area (Å²) >= 11 is 0. The van der Waals surface area contributed by atoms with E-state index < -0.39 is 6.04 Å². The Morgan fingerprint density at radius 1 is 0.964 bits per heavy atom. The van der Waals surface area contributed by atoms with Crippen molar-refractivity contribution < 1.29 is 19.1 Å². The number of carbonyl (C=O) groups is 2. The number of amides is 2. The molecule has 28 heavy (non-hydrogen) atoms. The van der Waals surface area contributed by atoms with E-state index in [4.69, 9.17) is 9.47 Å². The van der Waals surface area contributed by atoms with Crippen LogP contribution in [0.4, 0.5) is 0 Å². The number of ether oxygens (including phenoxy) is 2. The van der Waals surface area contributed by atoms with Crippen molar-refractivity contribution in [1.29, 1.82) is 0 Å². The van der Waals surface area contributed by atoms with Gasteiger partial charge < -0.3 is 20.1 Å². The van der Waals surface area contributed by atoms with Gasteiger partial charge in [-0.05, 0) is 30.0 Å². The zero-order chi connectivity index (χ0) is 20.5. The zero-order valence-corrected chi connectivity index (χ0v) is 16.8. The van der Waals surface area contributed by atoms with Crippen LogP contribution in [0.3, 0.4) is 0 Å². The molecule has 6 nitrogen and oxygen atoms in total. The molecule has 0 aliphatic carbocycles. The van der Waals surface area contributed by atoms with E-state index in [2.05, 4.69) is 10.6 Å². The Labute approximate surface area is 166 Å². The predicted octanol–water partition coefficient (Wildman–Crippen LogP) is 2.82. The van der Waals surface area contributed by atoms with Crippen LogP contribution in [0.2, 0.25) is 0 Å². The second kappa shape index (κ2) is 10.3. The SMILES string of the molecule is COc1cc(OC)cc(C(=O)N[C@H](C(=O)NCCc2ccccc2)C(C)C)c1. The van der Waals surface area contributed by atoms with Gasteiger partial charge in [0.2, 0.25) is 5.91 Å². The Morgan fingerprint density at radius 2 is 1.57 bits per heavy atom. The molecule has 0 aromatic heterocycles. The molecule has 0 unspecified atom stereocenters. The van der Waals surface area contributed by atoms with Crippen LogP contribution in [-0.2, 0) is 11.2 Å². The van der Waals surface area contributed by atoms with Crippen molar-refractivity contribution in [2.24, 2.45) is 5.92 Å². The van der Waals surface area contributed by atoms with E-state index in [1.165, 1.54) is 14.2 Å². The molecule has 0 bridgehead atoms. The molecule has 2 rings (SSSR count). The van der Waals surface area contributed by atoms with Crippen molar-refractivity contribution in [3.8, 4) is 11.5 Å². The van der Waals surface area contributed by atoms with Gasteiger partial charge in [-0.25, -0.2) is 0 Å². The van der Waals surface area contributed by atoms with Crippen LogP contribution in [-0.4, -0.2) is 38.6 Å². The van der Waals surface area contributed by atoms with Gasteiger partial charge in [0.15, 0.2) is 0 Å². The first kappa shape index (κ1) is 21.3. The maximum Gasteiger partial charge on any atom is 0.252 e. The number of hydrogen-bond donors (Lipinski definition) is 2. The molecule has 2 aromatic carbocycles. The summed E-state index contributed by atoms with van der Waals surface area (Å²) in [7, 11) is 3.04. The van der Waals surface area contributed by atoms with Gasteiger partial charge in [0.25, 0.3) is 5.91 Å². The minimum Gasteiger partial charge on any atom is -0.497 e. The lowest BCUT2D eigenvalue weighted by atomic mass is 10.0. The highest BCUT2D eigenvalue weighted by atomic mass is 16.5. The topological polar surface area (TPSA) is 76.7 Å². The molecule has 2 amide bonds. The van der Waals surface area contributed by atoms with Crippen LogP contribution < -0.4 is 20.1 Å². The minimum absolute atomic E-state index is 0.0619. The summed E-state index contributed by atoms with van der Waals surface area (Å²) in [5, 5.41) is 5.73. The van der Waals surface area contributed by atoms with Gasteiger partial charge in [-0.3, -0.25) is 9.59 Å². The third-order valence-corrected chi connectivity index (χ3v) is 4.41. The van der Waals surface area contributed by atoms with Gasteiger partial charge >= 0.3 is 0 Å². The molecular formula is C22H28N2O4. The van der Waals surface area contributed by atoms with Gasteiger partial charge in [-0.15, -0.1) is 0 Å². The van der Waals surface area contributed by atoms with Crippen molar-refractivity contribution in [1.82, 2.24) is 10.6 Å². The molecule has 2 aromatic rings. The normalized spacial score (nSPS) is 11.6. The molecule has 0 radical (unpaired) electrons. The van der Waals surface area contributed by atoms with Gasteiger partial charge in [-0.1, -0.05) is 44.2 Å². The van der Waals surface area contributed by atoms with Crippen LogP contribution in [0, 0.1) is 5.92 Å². The molecule has 1 atom stereocenters. The van der Waals surface area contributed by atoms with E-state index in [0.29, 0.717) is 23.6 Å². The summed E-state index contributed by atoms with van der Waals surface area (Å²) in [6.07, 6.45) is 0.735. The van der Waals surface area contributed by atoms with Crippen molar-refractivity contribution >= 4 is 11.8 Å². The smallest absolute Gasteiger partial charge is 0.252 e. The first-order chi connectivity index (χ1) is 13.4. The second-order valence-electron chi connectivity index (χ2n) is 6.82. The van der Waals surface area contributed by atoms with Gasteiger partial charge in [-0.2, -0.15) is 0 Å². The van der Waals surface area contributed by atoms with Crippen LogP contribution >= 0.6 is 0 Å². The fourth-order valence-corrected chi connectivity index (χ4v) is 2.78. The fraction of sp³-hybridized carbons (Fsp3) is 0.364. The molecule has 0 saturated heterocycles. The lowest BCUT2D eigenvalue weighted by Crippen LogP contribution is -2.50. The summed E-state index contributed by atoms with van der Waals surface area (Å²) in [5.74, 6) is 0.409. The van der Waals surface area contributed by atoms with Crippen LogP contribution in [0.1, 0.15) is 29.8 Å². The summed E-state index contributed by atoms with van der Waals surface area (Å²) in [5.41, 5.74) is 1.52. The highest BCUT2D eigenvalue weighted by molar-refractivity contribution is 5.98. The molecule has 6 heteroatoms. The Bertz CT molecular complexity index is 768. The van der Waals surface area contributed by atoms with E-state index in [1.807, 2.05) is 44.2 Å². The molecule has 0 aliphatic heterocycles. The van der Waals surface area contributed by atoms with Crippen molar-refractivity contribution in [2.75, 3.05) is 20.8 Å². The summed E-state index contributed by atoms with van der Waals surface area (Å²) in [4.78, 5) is 25.3. The Balaban J connectivity index is 2.01. The summed E-state index contributed by atoms with van der Waals surface area (Å²) in [6, 6.07) is 14.2. The number of rotatable bonds is 9. The van der Waals surface area contributed by atoms with Crippen molar-refractivity contribution in [2.45, 2.75) is 26.3 Å². The quantitative estimate of drug-likeness (QED) is 0.697. The molecule has 0 aliphatic rings. The van der Waals surface area contributed by atoms with E-state index in [-0.39, 0.29) is 17.7 Å². The lowest BCUT2D eigenvalue weighted by Gasteiger charge is -2.22. The molecule has 0 heterocycles. The highest BCUT2D eigenvalue weighted by Gasteiger charge is 2.24. The van der Waals surface area contributed by atoms with Gasteiger partial charge in [0.1, 0.15) is 17.5 Å². The average molecular weight is 384 g/mol. The Hall–Kier alpha value is -3.02. The molecule has 0 fully saturated rings. The van der Waals surface area contributed by atoms with E-state index in [1.54, 1.807) is 18.2 Å². The number of nitrogens with one attached hydrogen (secondary N) is 2. The second-order valence-corrected chi connectivity index (χ2v) is 6.82. The van der Waals surface area contributed by atoms with Gasteiger partial charge in [0.05, 0.1) is 14.2 Å². The Morgan fingerprint density at radius 3 is 2.11 bits per heavy atom. The van der Waals surface area contributed by atoms with E-state index in [0.717, 1.165) is 12.0 Å². The summed E-state index contributed by atoms with van der Waals surface area (Å²) in [6.45, 7) is 4.30. The highest BCUT2D eigenvalue weighted by Crippen LogP contribution is 2.22. The number of benzene rings is 2. The lowest BCUT2D eigenvalue weighted by molar-refractivity contribution is -0.123. The first-order valence-electron chi connectivity index (χ1n) is 9.30. The summed E-state index contributed by atoms with van der Waals surface area (Å²) < 4.78 is 10.4. The number of methoxy groups -OCH3 is 2. The van der Waals surface area contributed by atoms with E-state index >= 15 is 0 Å². The van der Waals surface area contributed by atoms with E-state index in [9.17, 15) is 9.59 Å². The monoisotopic (exact) mass is 384 g/mol. The predicted molar refractivity (Wildman–Crippen MR) is 109 cm³/mol. The van der Waals surface area contributed by atoms with Crippen LogP contribution in [0.5, 0.6) is 11.5 Å². The first-order valence-corrected chi connectivity index (χ1v) is 9.30.